The van der Waals surface area contributed by atoms with Gasteiger partial charge >= 0.3 is 0 Å². The number of fused-ring (bicyclic) bond motifs is 2. The molecule has 188 valence electrons. The molecule has 0 saturated carbocycles. The quantitative estimate of drug-likeness (QED) is 0.322. The molecule has 1 aliphatic heterocycles. The number of anilines is 1. The van der Waals surface area contributed by atoms with Gasteiger partial charge in [0.25, 0.3) is 5.91 Å². The van der Waals surface area contributed by atoms with Crippen LogP contribution in [0.4, 0.5) is 5.00 Å². The lowest BCUT2D eigenvalue weighted by molar-refractivity contribution is -0.111. The van der Waals surface area contributed by atoms with E-state index in [1.807, 2.05) is 12.1 Å². The lowest BCUT2D eigenvalue weighted by atomic mass is 10.1. The first-order chi connectivity index (χ1) is 17.8. The molecule has 0 aliphatic carbocycles. The molecule has 0 unspecified atom stereocenters. The van der Waals surface area contributed by atoms with Crippen LogP contribution in [0.3, 0.4) is 0 Å². The van der Waals surface area contributed by atoms with Gasteiger partial charge in [-0.25, -0.2) is 8.42 Å². The van der Waals surface area contributed by atoms with Crippen LogP contribution >= 0.6 is 11.3 Å². The molecule has 3 aromatic carbocycles. The Kier molecular flexibility index (Phi) is 6.92. The molecule has 2 amide bonds. The van der Waals surface area contributed by atoms with Crippen molar-refractivity contribution in [3.05, 3.63) is 107 Å². The second-order valence-electron chi connectivity index (χ2n) is 8.74. The van der Waals surface area contributed by atoms with Crippen molar-refractivity contribution in [3.63, 3.8) is 0 Å². The van der Waals surface area contributed by atoms with Crippen molar-refractivity contribution >= 4 is 48.9 Å². The largest absolute Gasteiger partial charge is 0.352 e. The first-order valence-corrected chi connectivity index (χ1v) is 14.0. The summed E-state index contributed by atoms with van der Waals surface area (Å²) in [5.41, 5.74) is 2.41. The average molecular weight is 532 g/mol. The minimum atomic E-state index is -3.73. The van der Waals surface area contributed by atoms with E-state index in [0.717, 1.165) is 21.4 Å². The maximum absolute atomic E-state index is 13.2. The summed E-state index contributed by atoms with van der Waals surface area (Å²) in [5.74, 6) is -0.551. The molecule has 5 rings (SSSR count). The van der Waals surface area contributed by atoms with Gasteiger partial charge in [0.15, 0.2) is 0 Å². The molecule has 0 saturated heterocycles. The Bertz CT molecular complexity index is 1580. The molecule has 0 atom stereocenters. The number of hydrogen-bond donors (Lipinski definition) is 2. The summed E-state index contributed by atoms with van der Waals surface area (Å²) in [5, 5.41) is 8.63. The first kappa shape index (κ1) is 24.9. The number of nitrogens with zero attached hydrogens (tertiary/aromatic N) is 1. The third-order valence-corrected chi connectivity index (χ3v) is 9.15. The molecule has 0 bridgehead atoms. The second-order valence-corrected chi connectivity index (χ2v) is 11.8. The fraction of sp³-hybridized carbons (Fsp3) is 0.143. The van der Waals surface area contributed by atoms with Crippen LogP contribution in [0.1, 0.15) is 26.4 Å². The first-order valence-electron chi connectivity index (χ1n) is 11.7. The molecule has 0 spiro atoms. The summed E-state index contributed by atoms with van der Waals surface area (Å²) in [6, 6.07) is 22.2. The predicted molar refractivity (Wildman–Crippen MR) is 146 cm³/mol. The van der Waals surface area contributed by atoms with Crippen LogP contribution in [0.5, 0.6) is 0 Å². The molecular formula is C28H25N3O4S2. The van der Waals surface area contributed by atoms with E-state index in [-0.39, 0.29) is 29.8 Å². The molecule has 1 aliphatic rings. The van der Waals surface area contributed by atoms with Gasteiger partial charge in [0, 0.05) is 30.1 Å². The maximum Gasteiger partial charge on any atom is 0.251 e. The van der Waals surface area contributed by atoms with Gasteiger partial charge in [-0.3, -0.25) is 9.59 Å². The zero-order valence-electron chi connectivity index (χ0n) is 19.9. The molecule has 7 nitrogen and oxygen atoms in total. The summed E-state index contributed by atoms with van der Waals surface area (Å²) in [7, 11) is -3.73. The number of carbonyl (C=O) groups excluding carboxylic acids is 2. The van der Waals surface area contributed by atoms with Gasteiger partial charge in [-0.1, -0.05) is 49.0 Å². The predicted octanol–water partition coefficient (Wildman–Crippen LogP) is 4.70. The van der Waals surface area contributed by atoms with Crippen molar-refractivity contribution < 1.29 is 18.0 Å². The van der Waals surface area contributed by atoms with Crippen molar-refractivity contribution in [2.45, 2.75) is 24.4 Å². The summed E-state index contributed by atoms with van der Waals surface area (Å²) < 4.78 is 27.7. The van der Waals surface area contributed by atoms with Crippen molar-refractivity contribution in [2.24, 2.45) is 0 Å². The van der Waals surface area contributed by atoms with Crippen LogP contribution < -0.4 is 10.6 Å². The van der Waals surface area contributed by atoms with Crippen molar-refractivity contribution in [1.82, 2.24) is 9.62 Å². The molecule has 1 aromatic heterocycles. The number of carbonyl (C=O) groups is 2. The second kappa shape index (κ2) is 10.3. The molecular weight excluding hydrogens is 506 g/mol. The number of sulfonamides is 1. The number of nitrogens with one attached hydrogen (secondary N) is 2. The molecule has 0 radical (unpaired) electrons. The van der Waals surface area contributed by atoms with E-state index in [2.05, 4.69) is 47.5 Å². The molecule has 2 heterocycles. The summed E-state index contributed by atoms with van der Waals surface area (Å²) >= 11 is 1.35. The van der Waals surface area contributed by atoms with Crippen LogP contribution in [0.2, 0.25) is 0 Å². The minimum absolute atomic E-state index is 0.135. The van der Waals surface area contributed by atoms with E-state index in [9.17, 15) is 18.0 Å². The van der Waals surface area contributed by atoms with E-state index in [0.29, 0.717) is 23.5 Å². The Morgan fingerprint density at radius 2 is 1.73 bits per heavy atom. The summed E-state index contributed by atoms with van der Waals surface area (Å²) in [4.78, 5) is 25.1. The van der Waals surface area contributed by atoms with E-state index < -0.39 is 10.0 Å². The molecule has 37 heavy (non-hydrogen) atoms. The highest BCUT2D eigenvalue weighted by Crippen LogP contribution is 2.36. The van der Waals surface area contributed by atoms with Gasteiger partial charge in [0.1, 0.15) is 0 Å². The van der Waals surface area contributed by atoms with Crippen LogP contribution in [0.15, 0.2) is 90.3 Å². The topological polar surface area (TPSA) is 95.6 Å². The van der Waals surface area contributed by atoms with Crippen LogP contribution in [0, 0.1) is 0 Å². The summed E-state index contributed by atoms with van der Waals surface area (Å²) in [6.45, 7) is 4.38. The Labute approximate surface area is 219 Å². The number of benzene rings is 3. The Morgan fingerprint density at radius 3 is 2.46 bits per heavy atom. The van der Waals surface area contributed by atoms with Crippen LogP contribution in [0.25, 0.3) is 10.8 Å². The average Bonchev–Trinajstić information content (AvgIpc) is 3.48. The van der Waals surface area contributed by atoms with Crippen molar-refractivity contribution in [1.29, 1.82) is 0 Å². The van der Waals surface area contributed by atoms with E-state index >= 15 is 0 Å². The molecule has 4 aromatic rings. The van der Waals surface area contributed by atoms with Crippen molar-refractivity contribution in [2.75, 3.05) is 11.9 Å². The monoisotopic (exact) mass is 531 g/mol. The maximum atomic E-state index is 13.2. The van der Waals surface area contributed by atoms with E-state index in [4.69, 9.17) is 0 Å². The molecule has 2 N–H and O–H groups in total. The van der Waals surface area contributed by atoms with Crippen LogP contribution in [-0.2, 0) is 34.3 Å². The van der Waals surface area contributed by atoms with Gasteiger partial charge < -0.3 is 10.6 Å². The van der Waals surface area contributed by atoms with Gasteiger partial charge in [0.2, 0.25) is 15.9 Å². The standard InChI is InChI=1S/C28H25N3O4S2/c1-2-26(32)30-27-16-23-17-31(18-25(23)36-27)37(34,35)24-11-9-21(10-12-24)28(33)29-14-13-19-7-8-20-5-3-4-6-22(20)15-19/h2-12,15-16H,1,13-14,17-18H2,(H,29,33)(H,30,32). The fourth-order valence-corrected chi connectivity index (χ4v) is 6.85. The number of hydrogen-bond acceptors (Lipinski definition) is 5. The zero-order valence-corrected chi connectivity index (χ0v) is 21.6. The highest BCUT2D eigenvalue weighted by molar-refractivity contribution is 7.89. The third kappa shape index (κ3) is 5.34. The van der Waals surface area contributed by atoms with Gasteiger partial charge in [-0.05, 0) is 64.7 Å². The Hall–Kier alpha value is -3.79. The minimum Gasteiger partial charge on any atom is -0.352 e. The van der Waals surface area contributed by atoms with Gasteiger partial charge in [-0.2, -0.15) is 4.31 Å². The fourth-order valence-electron chi connectivity index (χ4n) is 4.29. The third-order valence-electron chi connectivity index (χ3n) is 6.26. The molecule has 9 heteroatoms. The van der Waals surface area contributed by atoms with Gasteiger partial charge in [-0.15, -0.1) is 11.3 Å². The zero-order chi connectivity index (χ0) is 26.0. The van der Waals surface area contributed by atoms with Crippen LogP contribution in [-0.4, -0.2) is 31.1 Å². The van der Waals surface area contributed by atoms with E-state index in [1.54, 1.807) is 6.07 Å². The number of thiophene rings is 1. The molecule has 0 fully saturated rings. The number of amides is 2. The smallest absolute Gasteiger partial charge is 0.251 e. The van der Waals surface area contributed by atoms with Gasteiger partial charge in [0.05, 0.1) is 9.90 Å². The normalized spacial score (nSPS) is 13.3. The Balaban J connectivity index is 1.18. The summed E-state index contributed by atoms with van der Waals surface area (Å²) in [6.07, 6.45) is 1.89. The SMILES string of the molecule is C=CC(=O)Nc1cc2c(s1)CN(S(=O)(=O)c1ccc(C(=O)NCCc3ccc4ccccc4c3)cc1)C2. The van der Waals surface area contributed by atoms with Crippen molar-refractivity contribution in [3.8, 4) is 0 Å². The highest BCUT2D eigenvalue weighted by Gasteiger charge is 2.32. The lowest BCUT2D eigenvalue weighted by Gasteiger charge is -2.16. The number of rotatable bonds is 8. The lowest BCUT2D eigenvalue weighted by Crippen LogP contribution is -2.27. The van der Waals surface area contributed by atoms with E-state index in [1.165, 1.54) is 51.4 Å². The highest BCUT2D eigenvalue weighted by atomic mass is 32.2. The Morgan fingerprint density at radius 1 is 0.973 bits per heavy atom.